The maximum atomic E-state index is 6.37. The number of anilines is 9. The standard InChI is InChI=1S/C28H29ClN8O2.C28H30N8O2.C25H26N8O/c29-18-3-10-23-22(15-18)34-28(39-23)33-19-4-1-17(2-5-19)25-24-26(30)31-16-32-27(24)37(35-25)21-8-6-20(7-9-21)36-11-13-38-14-12-36;29-26-24-25(18-5-7-19(8-6-18)32-28-33-22-3-1-2-4-23(22)38-28)34-36(27(24)31-17-30-26)21-11-9-20(10-12-21)35-13-15-37-16-14-35;1-27-16-10-12-18(13-11-16)33-24-21(23(26)28-14-29-24)22(32-33)15-6-8-17(9-7-15)30-25-31-19-4-2-3-5-20(19)34-25/h1-5,10,15-16,20-21H,6-9,11-14H2,(H,33,34)(H2,30,31,32);1-8,17,20-21H,9-16H2,(H,32,33)(H2,29,30,31);2-9,14,16,18,27H,10-13H2,1H3,(H,30,31)(H2,26,28,29). The van der Waals surface area contributed by atoms with Crippen LogP contribution in [0.3, 0.4) is 0 Å². The number of rotatable bonds is 15. The van der Waals surface area contributed by atoms with E-state index in [1.54, 1.807) is 12.1 Å². The van der Waals surface area contributed by atoms with Gasteiger partial charge in [0.15, 0.2) is 33.7 Å². The van der Waals surface area contributed by atoms with Crippen LogP contribution in [0.2, 0.25) is 5.02 Å². The van der Waals surface area contributed by atoms with Gasteiger partial charge in [0.1, 0.15) is 70.1 Å². The van der Waals surface area contributed by atoms with Crippen molar-refractivity contribution in [3.05, 3.63) is 164 Å². The van der Waals surface area contributed by atoms with E-state index in [0.717, 1.165) is 236 Å². The molecule has 2 saturated heterocycles. The predicted molar refractivity (Wildman–Crippen MR) is 430 cm³/mol. The number of nitrogens with one attached hydrogen (secondary N) is 4. The number of nitrogens with zero attached hydrogens (tertiary/aromatic N) is 17. The molecular formula is C81H85ClN24O5. The molecule has 11 heterocycles. The lowest BCUT2D eigenvalue weighted by molar-refractivity contribution is 0.00518. The monoisotopic (exact) mass is 1510 g/mol. The summed E-state index contributed by atoms with van der Waals surface area (Å²) < 4.78 is 34.7. The van der Waals surface area contributed by atoms with E-state index in [-0.39, 0.29) is 12.1 Å². The number of nitrogens with two attached hydrogens (primary N) is 3. The van der Waals surface area contributed by atoms with Gasteiger partial charge in [0, 0.05) is 83.1 Å². The minimum atomic E-state index is 0.279. The molecule has 566 valence electrons. The molecule has 2 aliphatic heterocycles. The molecule has 9 aromatic heterocycles. The molecule has 30 heteroatoms. The van der Waals surface area contributed by atoms with Crippen LogP contribution in [0.5, 0.6) is 0 Å². The topological polar surface area (TPSA) is 360 Å². The zero-order chi connectivity index (χ0) is 74.9. The number of nitrogen functional groups attached to an aromatic ring is 3. The van der Waals surface area contributed by atoms with Gasteiger partial charge in [-0.25, -0.2) is 43.9 Å². The van der Waals surface area contributed by atoms with Crippen molar-refractivity contribution in [2.24, 2.45) is 0 Å². The van der Waals surface area contributed by atoms with Crippen molar-refractivity contribution in [3.63, 3.8) is 0 Å². The number of ether oxygens (including phenoxy) is 2. The summed E-state index contributed by atoms with van der Waals surface area (Å²) >= 11 is 6.07. The highest BCUT2D eigenvalue weighted by molar-refractivity contribution is 6.31. The lowest BCUT2D eigenvalue weighted by Crippen LogP contribution is -2.45. The summed E-state index contributed by atoms with van der Waals surface area (Å²) in [6.45, 7) is 7.47. The Hall–Kier alpha value is -11.7. The first-order valence-electron chi connectivity index (χ1n) is 38.2. The average Bonchev–Trinajstić information content (AvgIpc) is 1.62. The van der Waals surface area contributed by atoms with Crippen molar-refractivity contribution in [2.45, 2.75) is 113 Å². The SMILES string of the molecule is CNC1CCC(n2nc(-c3ccc(Nc4nc5ccccc5o4)cc3)c3c(N)ncnc32)CC1.Nc1ncnc2c1c(-c1ccc(Nc3nc4cc(Cl)ccc4o3)cc1)nn2C1CCC(N2CCOCC2)CC1.Nc1ncnc2c1c(-c1ccc(Nc3nc4ccccc4o3)cc1)nn2C1CCC(N2CCOCC2)CC1. The third-order valence-corrected chi connectivity index (χ3v) is 22.6. The molecule has 0 radical (unpaired) electrons. The van der Waals surface area contributed by atoms with Crippen molar-refractivity contribution in [2.75, 3.05) is 92.8 Å². The first kappa shape index (κ1) is 70.9. The van der Waals surface area contributed by atoms with Gasteiger partial charge in [0.05, 0.1) is 60.7 Å². The average molecular weight is 1510 g/mol. The molecule has 111 heavy (non-hydrogen) atoms. The maximum absolute atomic E-state index is 6.37. The Balaban J connectivity index is 0.000000117. The highest BCUT2D eigenvalue weighted by Gasteiger charge is 2.34. The lowest BCUT2D eigenvalue weighted by Gasteiger charge is -2.38. The normalized spacial score (nSPS) is 20.0. The summed E-state index contributed by atoms with van der Waals surface area (Å²) in [6, 6.07) is 48.7. The van der Waals surface area contributed by atoms with Crippen LogP contribution in [0.1, 0.15) is 95.2 Å². The fourth-order valence-corrected chi connectivity index (χ4v) is 16.7. The van der Waals surface area contributed by atoms with Crippen LogP contribution >= 0.6 is 11.6 Å². The number of fused-ring (bicyclic) bond motifs is 6. The van der Waals surface area contributed by atoms with Gasteiger partial charge >= 0.3 is 0 Å². The minimum Gasteiger partial charge on any atom is -0.423 e. The second-order valence-corrected chi connectivity index (χ2v) is 29.4. The number of benzene rings is 6. The number of morpholine rings is 2. The molecule has 0 atom stereocenters. The number of hydrogen-bond donors (Lipinski definition) is 7. The smallest absolute Gasteiger partial charge is 0.300 e. The quantitative estimate of drug-likeness (QED) is 0.0501. The van der Waals surface area contributed by atoms with Gasteiger partial charge in [-0.05, 0) is 163 Å². The molecule has 0 unspecified atom stereocenters. The Labute approximate surface area is 642 Å². The Morgan fingerprint density at radius 1 is 0.378 bits per heavy atom. The van der Waals surface area contributed by atoms with Crippen LogP contribution in [0.25, 0.3) is 100 Å². The van der Waals surface area contributed by atoms with E-state index in [9.17, 15) is 0 Å². The number of hydrogen-bond acceptors (Lipinski definition) is 26. The second-order valence-electron chi connectivity index (χ2n) is 29.0. The van der Waals surface area contributed by atoms with Crippen LogP contribution in [0.15, 0.2) is 172 Å². The maximum Gasteiger partial charge on any atom is 0.300 e. The highest BCUT2D eigenvalue weighted by Crippen LogP contribution is 2.42. The van der Waals surface area contributed by atoms with Crippen molar-refractivity contribution >= 4 is 131 Å². The summed E-state index contributed by atoms with van der Waals surface area (Å²) in [4.78, 5) is 45.2. The molecule has 20 rings (SSSR count). The van der Waals surface area contributed by atoms with Crippen molar-refractivity contribution in [1.82, 2.24) is 89.3 Å². The second kappa shape index (κ2) is 31.3. The Morgan fingerprint density at radius 3 is 1.07 bits per heavy atom. The lowest BCUT2D eigenvalue weighted by atomic mass is 9.90. The molecule has 10 N–H and O–H groups in total. The molecule has 5 aliphatic rings. The number of aromatic nitrogens is 15. The molecule has 0 bridgehead atoms. The van der Waals surface area contributed by atoms with E-state index >= 15 is 0 Å². The van der Waals surface area contributed by atoms with Crippen LogP contribution in [0.4, 0.5) is 52.6 Å². The van der Waals surface area contributed by atoms with Gasteiger partial charge < -0.3 is 61.2 Å². The summed E-state index contributed by atoms with van der Waals surface area (Å²) in [7, 11) is 2.03. The van der Waals surface area contributed by atoms with E-state index in [1.165, 1.54) is 19.0 Å². The summed E-state index contributed by atoms with van der Waals surface area (Å²) in [6.07, 6.45) is 17.8. The van der Waals surface area contributed by atoms with Gasteiger partial charge in [-0.1, -0.05) is 72.3 Å². The predicted octanol–water partition coefficient (Wildman–Crippen LogP) is 14.9. The van der Waals surface area contributed by atoms with Gasteiger partial charge in [0.2, 0.25) is 0 Å². The number of oxazole rings is 3. The molecule has 5 fully saturated rings. The largest absolute Gasteiger partial charge is 0.423 e. The van der Waals surface area contributed by atoms with Gasteiger partial charge in [0.25, 0.3) is 18.0 Å². The van der Waals surface area contributed by atoms with Crippen molar-refractivity contribution in [3.8, 4) is 33.8 Å². The van der Waals surface area contributed by atoms with Gasteiger partial charge in [-0.15, -0.1) is 0 Å². The molecular weight excluding hydrogens is 1420 g/mol. The van der Waals surface area contributed by atoms with E-state index in [1.807, 2.05) is 134 Å². The van der Waals surface area contributed by atoms with Crippen LogP contribution in [0, 0.1) is 0 Å². The first-order chi connectivity index (χ1) is 54.5. The zero-order valence-electron chi connectivity index (χ0n) is 61.4. The van der Waals surface area contributed by atoms with Crippen molar-refractivity contribution < 1.29 is 22.7 Å². The van der Waals surface area contributed by atoms with Crippen LogP contribution in [-0.4, -0.2) is 162 Å². The molecule has 0 amide bonds. The molecule has 29 nitrogen and oxygen atoms in total. The van der Waals surface area contributed by atoms with Crippen LogP contribution in [-0.2, 0) is 9.47 Å². The Morgan fingerprint density at radius 2 is 0.712 bits per heavy atom. The fraction of sp³-hybridized carbons (Fsp3) is 0.333. The van der Waals surface area contributed by atoms with E-state index in [0.29, 0.717) is 75.8 Å². The minimum absolute atomic E-state index is 0.279. The summed E-state index contributed by atoms with van der Waals surface area (Å²) in [5.74, 6) is 1.34. The Kier molecular flexibility index (Phi) is 20.0. The van der Waals surface area contributed by atoms with E-state index in [2.05, 4.69) is 90.0 Å². The summed E-state index contributed by atoms with van der Waals surface area (Å²) in [5, 5.41) is 31.3. The summed E-state index contributed by atoms with van der Waals surface area (Å²) in [5.41, 5.74) is 33.8. The van der Waals surface area contributed by atoms with Gasteiger partial charge in [-0.3, -0.25) is 9.80 Å². The molecule has 0 spiro atoms. The molecule has 15 aromatic rings. The van der Waals surface area contributed by atoms with E-state index < -0.39 is 0 Å². The molecule has 3 aliphatic carbocycles. The fourth-order valence-electron chi connectivity index (χ4n) is 16.5. The highest BCUT2D eigenvalue weighted by atomic mass is 35.5. The van der Waals surface area contributed by atoms with Crippen LogP contribution < -0.4 is 38.5 Å². The third-order valence-electron chi connectivity index (χ3n) is 22.3. The first-order valence-corrected chi connectivity index (χ1v) is 38.6. The third kappa shape index (κ3) is 14.9. The van der Waals surface area contributed by atoms with Crippen molar-refractivity contribution in [1.29, 1.82) is 0 Å². The molecule has 3 saturated carbocycles. The van der Waals surface area contributed by atoms with E-state index in [4.69, 9.17) is 66.8 Å². The zero-order valence-corrected chi connectivity index (χ0v) is 62.1. The molecule has 6 aromatic carbocycles. The van der Waals surface area contributed by atoms with Gasteiger partial charge in [-0.2, -0.15) is 30.2 Å². The Bertz CT molecular complexity index is 5680. The number of halogens is 1. The number of para-hydroxylation sites is 4.